The minimum absolute atomic E-state index is 0.929. The molecule has 0 atom stereocenters. The average Bonchev–Trinajstić information content (AvgIpc) is 2.35. The molecule has 0 aliphatic carbocycles. The van der Waals surface area contributed by atoms with Gasteiger partial charge in [-0.15, -0.1) is 0 Å². The van der Waals surface area contributed by atoms with Crippen LogP contribution in [0.15, 0.2) is 53.7 Å². The Hall–Kier alpha value is -1.63. The van der Waals surface area contributed by atoms with Crippen LogP contribution in [0.1, 0.15) is 31.9 Å². The summed E-state index contributed by atoms with van der Waals surface area (Å²) in [7, 11) is 0. The van der Waals surface area contributed by atoms with E-state index in [2.05, 4.69) is 42.8 Å². The number of aliphatic imine (C=N–C) groups is 1. The predicted molar refractivity (Wildman–Crippen MR) is 72.0 cm³/mol. The normalized spacial score (nSPS) is 12.7. The first-order valence-corrected chi connectivity index (χ1v) is 5.64. The molecule has 0 aliphatic heterocycles. The molecule has 1 nitrogen and oxygen atoms in total. The van der Waals surface area contributed by atoms with Crippen LogP contribution in [0, 0.1) is 0 Å². The Labute approximate surface area is 98.2 Å². The zero-order valence-electron chi connectivity index (χ0n) is 10.3. The number of aryl methyl sites for hydroxylation is 1. The summed E-state index contributed by atoms with van der Waals surface area (Å²) in [6.07, 6.45) is 4.85. The van der Waals surface area contributed by atoms with Gasteiger partial charge in [-0.05, 0) is 31.9 Å². The third kappa shape index (κ3) is 3.20. The maximum Gasteiger partial charge on any atom is 0.0699 e. The smallest absolute Gasteiger partial charge is 0.0699 e. The number of hydrogen-bond donors (Lipinski definition) is 0. The van der Waals surface area contributed by atoms with E-state index >= 15 is 0 Å². The number of hydrogen-bond acceptors (Lipinski definition) is 1. The molecule has 0 bridgehead atoms. The first kappa shape index (κ1) is 12.4. The van der Waals surface area contributed by atoms with E-state index in [0.717, 1.165) is 23.4 Å². The second-order valence-electron chi connectivity index (χ2n) is 3.68. The van der Waals surface area contributed by atoms with Gasteiger partial charge in [0.25, 0.3) is 0 Å². The van der Waals surface area contributed by atoms with Gasteiger partial charge in [-0.3, -0.25) is 4.99 Å². The van der Waals surface area contributed by atoms with Gasteiger partial charge in [0.15, 0.2) is 0 Å². The van der Waals surface area contributed by atoms with Crippen molar-refractivity contribution in [3.05, 3.63) is 59.8 Å². The van der Waals surface area contributed by atoms with Gasteiger partial charge >= 0.3 is 0 Å². The van der Waals surface area contributed by atoms with Crippen molar-refractivity contribution in [2.45, 2.75) is 27.2 Å². The lowest BCUT2D eigenvalue weighted by Gasteiger charge is -2.03. The summed E-state index contributed by atoms with van der Waals surface area (Å²) >= 11 is 0. The van der Waals surface area contributed by atoms with Gasteiger partial charge in [0.2, 0.25) is 0 Å². The third-order valence-electron chi connectivity index (χ3n) is 2.57. The molecule has 0 spiro atoms. The van der Waals surface area contributed by atoms with Gasteiger partial charge in [0.1, 0.15) is 0 Å². The molecule has 1 aromatic rings. The fourth-order valence-electron chi connectivity index (χ4n) is 1.39. The SMILES string of the molecule is C=CC(=N/C(C)=C\C)c1ccc(CC)cc1. The molecule has 0 radical (unpaired) electrons. The maximum absolute atomic E-state index is 4.50. The van der Waals surface area contributed by atoms with E-state index in [1.807, 2.05) is 19.9 Å². The molecule has 0 fully saturated rings. The maximum atomic E-state index is 4.50. The first-order valence-electron chi connectivity index (χ1n) is 5.64. The minimum atomic E-state index is 0.929. The summed E-state index contributed by atoms with van der Waals surface area (Å²) in [5, 5.41) is 0. The second kappa shape index (κ2) is 6.06. The third-order valence-corrected chi connectivity index (χ3v) is 2.57. The topological polar surface area (TPSA) is 12.4 Å². The molecule has 0 N–H and O–H groups in total. The van der Waals surface area contributed by atoms with Crippen LogP contribution >= 0.6 is 0 Å². The molecule has 0 saturated carbocycles. The predicted octanol–water partition coefficient (Wildman–Crippen LogP) is 4.15. The van der Waals surface area contributed by atoms with Gasteiger partial charge in [-0.25, -0.2) is 0 Å². The minimum Gasteiger partial charge on any atom is -0.254 e. The van der Waals surface area contributed by atoms with Crippen LogP contribution in [0.3, 0.4) is 0 Å². The lowest BCUT2D eigenvalue weighted by Crippen LogP contribution is -1.97. The zero-order chi connectivity index (χ0) is 12.0. The van der Waals surface area contributed by atoms with Gasteiger partial charge in [-0.1, -0.05) is 43.8 Å². The fraction of sp³-hybridized carbons (Fsp3) is 0.267. The van der Waals surface area contributed by atoms with E-state index in [1.54, 1.807) is 6.08 Å². The molecule has 0 aromatic heterocycles. The highest BCUT2D eigenvalue weighted by molar-refractivity contribution is 6.08. The van der Waals surface area contributed by atoms with Crippen LogP contribution in [0.5, 0.6) is 0 Å². The van der Waals surface area contributed by atoms with Crippen LogP contribution < -0.4 is 0 Å². The van der Waals surface area contributed by atoms with Crippen molar-refractivity contribution in [1.29, 1.82) is 0 Å². The highest BCUT2D eigenvalue weighted by atomic mass is 14.7. The average molecular weight is 213 g/mol. The standard InChI is InChI=1S/C15H19N/c1-5-12(4)16-15(7-3)14-10-8-13(6-2)9-11-14/h5,7-11H,3,6H2,1-2,4H3/b12-5-,16-15?. The highest BCUT2D eigenvalue weighted by Crippen LogP contribution is 2.09. The molecule has 0 aliphatic rings. The molecular weight excluding hydrogens is 194 g/mol. The van der Waals surface area contributed by atoms with E-state index in [9.17, 15) is 0 Å². The largest absolute Gasteiger partial charge is 0.254 e. The Balaban J connectivity index is 3.04. The zero-order valence-corrected chi connectivity index (χ0v) is 10.3. The number of nitrogens with zero attached hydrogens (tertiary/aromatic N) is 1. The van der Waals surface area contributed by atoms with Crippen molar-refractivity contribution in [2.75, 3.05) is 0 Å². The molecule has 1 aromatic carbocycles. The van der Waals surface area contributed by atoms with E-state index in [1.165, 1.54) is 5.56 Å². The Kier molecular flexibility index (Phi) is 4.71. The Morgan fingerprint density at radius 1 is 1.31 bits per heavy atom. The molecule has 0 unspecified atom stereocenters. The fourth-order valence-corrected chi connectivity index (χ4v) is 1.39. The summed E-state index contributed by atoms with van der Waals surface area (Å²) in [4.78, 5) is 4.50. The van der Waals surface area contributed by atoms with Gasteiger partial charge in [-0.2, -0.15) is 0 Å². The Morgan fingerprint density at radius 2 is 1.94 bits per heavy atom. The van der Waals surface area contributed by atoms with Crippen molar-refractivity contribution in [3.8, 4) is 0 Å². The lowest BCUT2D eigenvalue weighted by atomic mass is 10.1. The van der Waals surface area contributed by atoms with E-state index in [4.69, 9.17) is 0 Å². The molecule has 1 heteroatoms. The molecule has 0 heterocycles. The summed E-state index contributed by atoms with van der Waals surface area (Å²) < 4.78 is 0. The van der Waals surface area contributed by atoms with Crippen molar-refractivity contribution >= 4 is 5.71 Å². The van der Waals surface area contributed by atoms with Crippen molar-refractivity contribution in [1.82, 2.24) is 0 Å². The second-order valence-corrected chi connectivity index (χ2v) is 3.68. The quantitative estimate of drug-likeness (QED) is 0.666. The van der Waals surface area contributed by atoms with E-state index < -0.39 is 0 Å². The van der Waals surface area contributed by atoms with E-state index in [0.29, 0.717) is 0 Å². The molecular formula is C15H19N. The molecule has 0 amide bonds. The Bertz CT molecular complexity index is 408. The summed E-state index contributed by atoms with van der Waals surface area (Å²) in [5.74, 6) is 0. The van der Waals surface area contributed by atoms with Crippen LogP contribution in [0.4, 0.5) is 0 Å². The monoisotopic (exact) mass is 213 g/mol. The van der Waals surface area contributed by atoms with Crippen LogP contribution in [-0.2, 0) is 6.42 Å². The molecule has 16 heavy (non-hydrogen) atoms. The van der Waals surface area contributed by atoms with Crippen molar-refractivity contribution < 1.29 is 0 Å². The molecule has 0 saturated heterocycles. The van der Waals surface area contributed by atoms with Crippen molar-refractivity contribution in [3.63, 3.8) is 0 Å². The van der Waals surface area contributed by atoms with Crippen LogP contribution in [0.2, 0.25) is 0 Å². The lowest BCUT2D eigenvalue weighted by molar-refractivity contribution is 1.14. The Morgan fingerprint density at radius 3 is 2.38 bits per heavy atom. The van der Waals surface area contributed by atoms with Crippen LogP contribution in [0.25, 0.3) is 0 Å². The van der Waals surface area contributed by atoms with Crippen LogP contribution in [-0.4, -0.2) is 5.71 Å². The summed E-state index contributed by atoms with van der Waals surface area (Å²) in [6, 6.07) is 8.48. The number of rotatable bonds is 4. The van der Waals surface area contributed by atoms with Crippen molar-refractivity contribution in [2.24, 2.45) is 4.99 Å². The molecule has 84 valence electrons. The summed E-state index contributed by atoms with van der Waals surface area (Å²) in [6.45, 7) is 9.94. The van der Waals surface area contributed by atoms with Gasteiger partial charge < -0.3 is 0 Å². The number of benzene rings is 1. The highest BCUT2D eigenvalue weighted by Gasteiger charge is 1.99. The molecule has 1 rings (SSSR count). The first-order chi connectivity index (χ1) is 7.71. The van der Waals surface area contributed by atoms with Gasteiger partial charge in [0, 0.05) is 11.3 Å². The van der Waals surface area contributed by atoms with E-state index in [-0.39, 0.29) is 0 Å². The summed E-state index contributed by atoms with van der Waals surface area (Å²) in [5.41, 5.74) is 4.40. The van der Waals surface area contributed by atoms with Gasteiger partial charge in [0.05, 0.1) is 5.71 Å². The number of allylic oxidation sites excluding steroid dienone is 3.